The zero-order valence-electron chi connectivity index (χ0n) is 16.2. The largest absolute Gasteiger partial charge is 0.353 e. The minimum Gasteiger partial charge on any atom is -0.353 e. The molecular weight excluding hydrogens is 314 g/mol. The van der Waals surface area contributed by atoms with Gasteiger partial charge in [0.1, 0.15) is 0 Å². The molecule has 1 aromatic heterocycles. The van der Waals surface area contributed by atoms with Crippen molar-refractivity contribution < 1.29 is 9.59 Å². The molecule has 0 atom stereocenters. The van der Waals surface area contributed by atoms with E-state index in [1.165, 1.54) is 0 Å². The summed E-state index contributed by atoms with van der Waals surface area (Å²) in [5.74, 6) is 0.786. The van der Waals surface area contributed by atoms with Gasteiger partial charge in [-0.2, -0.15) is 0 Å². The molecule has 0 radical (unpaired) electrons. The second-order valence-corrected chi connectivity index (χ2v) is 7.67. The summed E-state index contributed by atoms with van der Waals surface area (Å²) in [5.41, 5.74) is 1.11. The first-order valence-electron chi connectivity index (χ1n) is 9.59. The van der Waals surface area contributed by atoms with Gasteiger partial charge in [0.05, 0.1) is 13.1 Å². The highest BCUT2D eigenvalue weighted by Gasteiger charge is 2.34. The second kappa shape index (κ2) is 9.07. The number of aryl methyl sites for hydroxylation is 1. The number of nitrogens with zero attached hydrogens (tertiary/aromatic N) is 3. The van der Waals surface area contributed by atoms with Crippen molar-refractivity contribution in [2.75, 3.05) is 19.6 Å². The number of hydrogen-bond donors (Lipinski definition) is 0. The van der Waals surface area contributed by atoms with Gasteiger partial charge in [0.25, 0.3) is 0 Å². The van der Waals surface area contributed by atoms with E-state index in [-0.39, 0.29) is 24.3 Å². The summed E-state index contributed by atoms with van der Waals surface area (Å²) in [7, 11) is 2.00. The fraction of sp³-hybridized carbons (Fsp3) is 0.700. The highest BCUT2D eigenvalue weighted by atomic mass is 16.2. The average Bonchev–Trinajstić information content (AvgIpc) is 3.33. The maximum atomic E-state index is 13.0. The molecule has 25 heavy (non-hydrogen) atoms. The molecule has 5 heteroatoms. The normalized spacial score (nSPS) is 14.0. The van der Waals surface area contributed by atoms with Crippen LogP contribution in [0, 0.1) is 11.8 Å². The van der Waals surface area contributed by atoms with Gasteiger partial charge in [0, 0.05) is 37.9 Å². The Morgan fingerprint density at radius 2 is 2.00 bits per heavy atom. The van der Waals surface area contributed by atoms with E-state index in [1.807, 2.05) is 34.8 Å². The molecule has 0 aromatic carbocycles. The molecule has 5 nitrogen and oxygen atoms in total. The predicted molar refractivity (Wildman–Crippen MR) is 99.9 cm³/mol. The van der Waals surface area contributed by atoms with Gasteiger partial charge >= 0.3 is 0 Å². The van der Waals surface area contributed by atoms with Gasteiger partial charge in [-0.15, -0.1) is 0 Å². The standard InChI is InChI=1S/C20H33N3O2/c1-5-6-12-22(20(25)17-9-10-17)15-19(24)23(13-16(2)3)14-18-8-7-11-21(18)4/h7-8,11,16-17H,5-6,9-10,12-15H2,1-4H3. The molecule has 0 aliphatic heterocycles. The maximum absolute atomic E-state index is 13.0. The zero-order valence-corrected chi connectivity index (χ0v) is 16.2. The predicted octanol–water partition coefficient (Wildman–Crippen LogP) is 3.05. The van der Waals surface area contributed by atoms with Gasteiger partial charge < -0.3 is 14.4 Å². The van der Waals surface area contributed by atoms with Crippen molar-refractivity contribution in [3.05, 3.63) is 24.0 Å². The minimum absolute atomic E-state index is 0.0556. The topological polar surface area (TPSA) is 45.6 Å². The molecular formula is C20H33N3O2. The van der Waals surface area contributed by atoms with Crippen molar-refractivity contribution in [1.82, 2.24) is 14.4 Å². The molecule has 1 aliphatic rings. The van der Waals surface area contributed by atoms with Gasteiger partial charge in [-0.3, -0.25) is 9.59 Å². The first kappa shape index (κ1) is 19.5. The van der Waals surface area contributed by atoms with Crippen LogP contribution in [0.4, 0.5) is 0 Å². The SMILES string of the molecule is CCCCN(CC(=O)N(Cc1cccn1C)CC(C)C)C(=O)C1CC1. The fourth-order valence-electron chi connectivity index (χ4n) is 3.02. The molecule has 0 N–H and O–H groups in total. The van der Waals surface area contributed by atoms with E-state index >= 15 is 0 Å². The first-order valence-corrected chi connectivity index (χ1v) is 9.59. The van der Waals surface area contributed by atoms with Crippen LogP contribution in [0.15, 0.2) is 18.3 Å². The Morgan fingerprint density at radius 3 is 2.52 bits per heavy atom. The number of rotatable bonds is 10. The van der Waals surface area contributed by atoms with E-state index in [2.05, 4.69) is 20.8 Å². The van der Waals surface area contributed by atoms with E-state index in [1.54, 1.807) is 4.90 Å². The minimum atomic E-state index is 0.0556. The summed E-state index contributed by atoms with van der Waals surface area (Å²) in [4.78, 5) is 29.2. The molecule has 1 saturated carbocycles. The lowest BCUT2D eigenvalue weighted by atomic mass is 10.2. The summed E-state index contributed by atoms with van der Waals surface area (Å²) in [6, 6.07) is 4.04. The van der Waals surface area contributed by atoms with Crippen molar-refractivity contribution in [1.29, 1.82) is 0 Å². The number of aromatic nitrogens is 1. The van der Waals surface area contributed by atoms with E-state index < -0.39 is 0 Å². The molecule has 1 fully saturated rings. The van der Waals surface area contributed by atoms with Crippen molar-refractivity contribution in [3.8, 4) is 0 Å². The molecule has 140 valence electrons. The van der Waals surface area contributed by atoms with Crippen LogP contribution in [-0.4, -0.2) is 45.8 Å². The summed E-state index contributed by atoms with van der Waals surface area (Å²) in [6.07, 6.45) is 5.94. The van der Waals surface area contributed by atoms with Crippen LogP contribution in [0.1, 0.15) is 52.1 Å². The third kappa shape index (κ3) is 5.91. The van der Waals surface area contributed by atoms with Crippen molar-refractivity contribution in [2.45, 2.75) is 53.0 Å². The van der Waals surface area contributed by atoms with Gasteiger partial charge in [0.2, 0.25) is 11.8 Å². The number of hydrogen-bond acceptors (Lipinski definition) is 2. The summed E-state index contributed by atoms with van der Waals surface area (Å²) < 4.78 is 2.05. The monoisotopic (exact) mass is 347 g/mol. The average molecular weight is 348 g/mol. The van der Waals surface area contributed by atoms with Crippen LogP contribution < -0.4 is 0 Å². The Bertz CT molecular complexity index is 575. The number of amides is 2. The van der Waals surface area contributed by atoms with E-state index in [9.17, 15) is 9.59 Å². The molecule has 0 unspecified atom stereocenters. The molecule has 2 amide bonds. The number of unbranched alkanes of at least 4 members (excludes halogenated alkanes) is 1. The molecule has 1 heterocycles. The van der Waals surface area contributed by atoms with E-state index in [4.69, 9.17) is 0 Å². The Balaban J connectivity index is 2.04. The molecule has 1 aliphatic carbocycles. The van der Waals surface area contributed by atoms with Crippen LogP contribution in [0.5, 0.6) is 0 Å². The highest BCUT2D eigenvalue weighted by Crippen LogP contribution is 2.31. The van der Waals surface area contributed by atoms with Gasteiger partial charge in [0.15, 0.2) is 0 Å². The van der Waals surface area contributed by atoms with Gasteiger partial charge in [-0.25, -0.2) is 0 Å². The molecule has 0 spiro atoms. The van der Waals surface area contributed by atoms with Gasteiger partial charge in [-0.05, 0) is 37.3 Å². The number of carbonyl (C=O) groups is 2. The summed E-state index contributed by atoms with van der Waals surface area (Å²) >= 11 is 0. The molecule has 0 bridgehead atoms. The van der Waals surface area contributed by atoms with E-state index in [0.29, 0.717) is 25.6 Å². The first-order chi connectivity index (χ1) is 11.9. The summed E-state index contributed by atoms with van der Waals surface area (Å²) in [5, 5.41) is 0. The zero-order chi connectivity index (χ0) is 18.4. The maximum Gasteiger partial charge on any atom is 0.242 e. The Morgan fingerprint density at radius 1 is 1.28 bits per heavy atom. The van der Waals surface area contributed by atoms with E-state index in [0.717, 1.165) is 31.4 Å². The Labute approximate surface area is 152 Å². The Kier molecular flexibility index (Phi) is 7.09. The quantitative estimate of drug-likeness (QED) is 0.653. The van der Waals surface area contributed by atoms with Crippen LogP contribution >= 0.6 is 0 Å². The number of carbonyl (C=O) groups excluding carboxylic acids is 2. The van der Waals surface area contributed by atoms with Crippen LogP contribution in [0.25, 0.3) is 0 Å². The van der Waals surface area contributed by atoms with Crippen molar-refractivity contribution in [2.24, 2.45) is 18.9 Å². The van der Waals surface area contributed by atoms with Crippen LogP contribution in [-0.2, 0) is 23.2 Å². The molecule has 2 rings (SSSR count). The lowest BCUT2D eigenvalue weighted by Crippen LogP contribution is -2.44. The Hall–Kier alpha value is -1.78. The van der Waals surface area contributed by atoms with Crippen molar-refractivity contribution in [3.63, 3.8) is 0 Å². The fourth-order valence-corrected chi connectivity index (χ4v) is 3.02. The smallest absolute Gasteiger partial charge is 0.242 e. The lowest BCUT2D eigenvalue weighted by molar-refractivity contribution is -0.142. The van der Waals surface area contributed by atoms with Crippen molar-refractivity contribution >= 4 is 11.8 Å². The third-order valence-corrected chi connectivity index (χ3v) is 4.69. The van der Waals surface area contributed by atoms with Crippen LogP contribution in [0.2, 0.25) is 0 Å². The van der Waals surface area contributed by atoms with Gasteiger partial charge in [-0.1, -0.05) is 27.2 Å². The second-order valence-electron chi connectivity index (χ2n) is 7.67. The summed E-state index contributed by atoms with van der Waals surface area (Å²) in [6.45, 7) is 8.57. The highest BCUT2D eigenvalue weighted by molar-refractivity contribution is 5.87. The third-order valence-electron chi connectivity index (χ3n) is 4.69. The molecule has 0 saturated heterocycles. The van der Waals surface area contributed by atoms with Crippen LogP contribution in [0.3, 0.4) is 0 Å². The lowest BCUT2D eigenvalue weighted by Gasteiger charge is -2.29. The molecule has 1 aromatic rings.